The van der Waals surface area contributed by atoms with Crippen molar-refractivity contribution in [3.05, 3.63) is 93.8 Å². The SMILES string of the molecule is NC(=O)c1cccc(CCNC(=O)NCC(c2cccs2)c2c[nH]c3ccccc23)c1. The molecule has 6 nitrogen and oxygen atoms in total. The van der Waals surface area contributed by atoms with Gasteiger partial charge in [0.25, 0.3) is 0 Å². The van der Waals surface area contributed by atoms with Crippen LogP contribution in [0, 0.1) is 0 Å². The lowest BCUT2D eigenvalue weighted by atomic mass is 9.97. The molecule has 1 atom stereocenters. The third-order valence-electron chi connectivity index (χ3n) is 5.26. The number of rotatable bonds is 8. The lowest BCUT2D eigenvalue weighted by Crippen LogP contribution is -2.38. The first-order valence-electron chi connectivity index (χ1n) is 10.1. The van der Waals surface area contributed by atoms with E-state index >= 15 is 0 Å². The highest BCUT2D eigenvalue weighted by Gasteiger charge is 2.19. The number of carbonyl (C=O) groups excluding carboxylic acids is 2. The van der Waals surface area contributed by atoms with E-state index in [4.69, 9.17) is 5.73 Å². The highest BCUT2D eigenvalue weighted by atomic mass is 32.1. The molecule has 4 rings (SSSR count). The van der Waals surface area contributed by atoms with Gasteiger partial charge in [-0.2, -0.15) is 0 Å². The van der Waals surface area contributed by atoms with Crippen LogP contribution >= 0.6 is 11.3 Å². The molecule has 0 fully saturated rings. The van der Waals surface area contributed by atoms with Crippen molar-refractivity contribution in [1.82, 2.24) is 15.6 Å². The maximum atomic E-state index is 12.4. The second-order valence-electron chi connectivity index (χ2n) is 7.31. The molecule has 0 radical (unpaired) electrons. The Labute approximate surface area is 184 Å². The van der Waals surface area contributed by atoms with Crippen LogP contribution in [0.1, 0.15) is 32.3 Å². The Kier molecular flexibility index (Phi) is 6.33. The van der Waals surface area contributed by atoms with E-state index in [1.54, 1.807) is 29.5 Å². The molecule has 2 aromatic carbocycles. The fraction of sp³-hybridized carbons (Fsp3) is 0.167. The summed E-state index contributed by atoms with van der Waals surface area (Å²) < 4.78 is 0. The van der Waals surface area contributed by atoms with Crippen LogP contribution in [0.5, 0.6) is 0 Å². The minimum absolute atomic E-state index is 0.0640. The molecule has 4 aromatic rings. The fourth-order valence-corrected chi connectivity index (χ4v) is 4.54. The van der Waals surface area contributed by atoms with E-state index in [-0.39, 0.29) is 11.9 Å². The number of urea groups is 1. The van der Waals surface area contributed by atoms with Gasteiger partial charge >= 0.3 is 6.03 Å². The molecule has 0 spiro atoms. The Balaban J connectivity index is 1.37. The number of primary amides is 1. The van der Waals surface area contributed by atoms with Gasteiger partial charge in [0.1, 0.15) is 0 Å². The van der Waals surface area contributed by atoms with Gasteiger partial charge in [0.15, 0.2) is 0 Å². The van der Waals surface area contributed by atoms with Crippen LogP contribution in [0.2, 0.25) is 0 Å². The number of carbonyl (C=O) groups is 2. The zero-order valence-corrected chi connectivity index (χ0v) is 17.7. The van der Waals surface area contributed by atoms with Crippen molar-refractivity contribution >= 4 is 34.2 Å². The molecule has 0 saturated heterocycles. The number of fused-ring (bicyclic) bond motifs is 1. The van der Waals surface area contributed by atoms with Crippen LogP contribution in [0.25, 0.3) is 10.9 Å². The molecular formula is C24H24N4O2S. The average Bonchev–Trinajstić information content (AvgIpc) is 3.45. The lowest BCUT2D eigenvalue weighted by Gasteiger charge is -2.17. The number of hydrogen-bond donors (Lipinski definition) is 4. The summed E-state index contributed by atoms with van der Waals surface area (Å²) in [5.41, 5.74) is 9.00. The van der Waals surface area contributed by atoms with Crippen molar-refractivity contribution in [1.29, 1.82) is 0 Å². The molecular weight excluding hydrogens is 408 g/mol. The molecule has 0 aliphatic carbocycles. The lowest BCUT2D eigenvalue weighted by molar-refractivity contribution is 0.1000. The minimum atomic E-state index is -0.454. The summed E-state index contributed by atoms with van der Waals surface area (Å²) in [4.78, 5) is 28.2. The van der Waals surface area contributed by atoms with E-state index in [0.29, 0.717) is 25.1 Å². The van der Waals surface area contributed by atoms with Gasteiger partial charge in [-0.3, -0.25) is 4.79 Å². The van der Waals surface area contributed by atoms with Crippen LogP contribution < -0.4 is 16.4 Å². The third kappa shape index (κ3) is 4.95. The number of aromatic amines is 1. The van der Waals surface area contributed by atoms with Crippen LogP contribution in [0.3, 0.4) is 0 Å². The van der Waals surface area contributed by atoms with Gasteiger partial charge in [0.05, 0.1) is 0 Å². The average molecular weight is 433 g/mol. The maximum absolute atomic E-state index is 12.4. The summed E-state index contributed by atoms with van der Waals surface area (Å²) in [5.74, 6) is -0.390. The van der Waals surface area contributed by atoms with E-state index in [1.807, 2.05) is 30.5 Å². The van der Waals surface area contributed by atoms with Gasteiger partial charge in [-0.15, -0.1) is 11.3 Å². The van der Waals surface area contributed by atoms with Gasteiger partial charge in [0, 0.05) is 46.5 Å². The zero-order valence-electron chi connectivity index (χ0n) is 16.9. The highest BCUT2D eigenvalue weighted by molar-refractivity contribution is 7.10. The molecule has 0 saturated carbocycles. The van der Waals surface area contributed by atoms with Crippen LogP contribution in [-0.2, 0) is 6.42 Å². The first-order chi connectivity index (χ1) is 15.1. The number of nitrogens with one attached hydrogen (secondary N) is 3. The van der Waals surface area contributed by atoms with E-state index in [2.05, 4.69) is 39.2 Å². The summed E-state index contributed by atoms with van der Waals surface area (Å²) in [5, 5.41) is 9.12. The number of amides is 3. The van der Waals surface area contributed by atoms with Gasteiger partial charge in [-0.05, 0) is 47.2 Å². The molecule has 158 valence electrons. The molecule has 31 heavy (non-hydrogen) atoms. The minimum Gasteiger partial charge on any atom is -0.366 e. The summed E-state index contributed by atoms with van der Waals surface area (Å²) >= 11 is 1.68. The Morgan fingerprint density at radius 3 is 2.71 bits per heavy atom. The Morgan fingerprint density at radius 1 is 1.03 bits per heavy atom. The molecule has 0 aliphatic heterocycles. The molecule has 5 N–H and O–H groups in total. The molecule has 2 aromatic heterocycles. The van der Waals surface area contributed by atoms with E-state index in [0.717, 1.165) is 16.5 Å². The van der Waals surface area contributed by atoms with Crippen molar-refractivity contribution in [3.63, 3.8) is 0 Å². The fourth-order valence-electron chi connectivity index (χ4n) is 3.69. The van der Waals surface area contributed by atoms with Crippen LogP contribution in [0.4, 0.5) is 4.79 Å². The summed E-state index contributed by atoms with van der Waals surface area (Å²) in [6.45, 7) is 0.955. The molecule has 7 heteroatoms. The van der Waals surface area contributed by atoms with Crippen molar-refractivity contribution in [2.45, 2.75) is 12.3 Å². The van der Waals surface area contributed by atoms with Crippen LogP contribution in [0.15, 0.2) is 72.2 Å². The van der Waals surface area contributed by atoms with Crippen molar-refractivity contribution in [3.8, 4) is 0 Å². The molecule has 2 heterocycles. The Hall–Kier alpha value is -3.58. The predicted octanol–water partition coefficient (Wildman–Crippen LogP) is 4.00. The molecule has 0 aliphatic rings. The van der Waals surface area contributed by atoms with Gasteiger partial charge < -0.3 is 21.4 Å². The first kappa shape index (κ1) is 20.7. The first-order valence-corrected chi connectivity index (χ1v) is 11.0. The Morgan fingerprint density at radius 2 is 1.90 bits per heavy atom. The smallest absolute Gasteiger partial charge is 0.314 e. The highest BCUT2D eigenvalue weighted by Crippen LogP contribution is 2.32. The standard InChI is InChI=1S/C24H24N4O2S/c25-23(29)17-6-3-5-16(13-17)10-11-26-24(30)28-15-20(22-9-4-12-31-22)19-14-27-21-8-2-1-7-18(19)21/h1-9,12-14,20,27H,10-11,15H2,(H2,25,29)(H2,26,28,30). The quantitative estimate of drug-likeness (QED) is 0.338. The number of aromatic nitrogens is 1. The second-order valence-corrected chi connectivity index (χ2v) is 8.29. The van der Waals surface area contributed by atoms with E-state index in [9.17, 15) is 9.59 Å². The summed E-state index contributed by atoms with van der Waals surface area (Å²) in [7, 11) is 0. The summed E-state index contributed by atoms with van der Waals surface area (Å²) in [6, 6.07) is 19.2. The number of para-hydroxylation sites is 1. The van der Waals surface area contributed by atoms with Crippen molar-refractivity contribution < 1.29 is 9.59 Å². The number of nitrogens with two attached hydrogens (primary N) is 1. The van der Waals surface area contributed by atoms with Crippen LogP contribution in [-0.4, -0.2) is 30.0 Å². The van der Waals surface area contributed by atoms with Crippen molar-refractivity contribution in [2.24, 2.45) is 5.73 Å². The van der Waals surface area contributed by atoms with Gasteiger partial charge in [-0.1, -0.05) is 36.4 Å². The number of hydrogen-bond acceptors (Lipinski definition) is 3. The molecule has 1 unspecified atom stereocenters. The largest absolute Gasteiger partial charge is 0.366 e. The second kappa shape index (κ2) is 9.49. The number of H-pyrrole nitrogens is 1. The zero-order chi connectivity index (χ0) is 21.6. The number of benzene rings is 2. The molecule has 0 bridgehead atoms. The molecule has 3 amide bonds. The normalized spacial score (nSPS) is 11.9. The topological polar surface area (TPSA) is 100 Å². The summed E-state index contributed by atoms with van der Waals surface area (Å²) in [6.07, 6.45) is 2.64. The monoisotopic (exact) mass is 432 g/mol. The number of thiophene rings is 1. The maximum Gasteiger partial charge on any atom is 0.314 e. The van der Waals surface area contributed by atoms with Gasteiger partial charge in [0.2, 0.25) is 5.91 Å². The van der Waals surface area contributed by atoms with Crippen molar-refractivity contribution in [2.75, 3.05) is 13.1 Å². The third-order valence-corrected chi connectivity index (χ3v) is 6.25. The Bertz CT molecular complexity index is 1180. The van der Waals surface area contributed by atoms with E-state index in [1.165, 1.54) is 10.4 Å². The predicted molar refractivity (Wildman–Crippen MR) is 125 cm³/mol. The van der Waals surface area contributed by atoms with E-state index < -0.39 is 5.91 Å². The van der Waals surface area contributed by atoms with Gasteiger partial charge in [-0.25, -0.2) is 4.79 Å².